The van der Waals surface area contributed by atoms with Crippen LogP contribution in [0.15, 0.2) is 57.9 Å². The topological polar surface area (TPSA) is 48.3 Å². The molecule has 2 heterocycles. The highest BCUT2D eigenvalue weighted by molar-refractivity contribution is 8.00. The molecular formula is C14H14N2OS. The summed E-state index contributed by atoms with van der Waals surface area (Å²) in [5.41, 5.74) is 2.00. The molecule has 0 saturated carbocycles. The molecule has 1 aromatic carbocycles. The van der Waals surface area contributed by atoms with Crippen molar-refractivity contribution in [2.24, 2.45) is 4.36 Å². The maximum absolute atomic E-state index is 13.1. The van der Waals surface area contributed by atoms with E-state index in [0.717, 1.165) is 16.2 Å². The molecule has 4 heteroatoms. The minimum Gasteiger partial charge on any atom is -0.626 e. The number of fused-ring (bicyclic) bond motifs is 1. The van der Waals surface area contributed by atoms with Gasteiger partial charge < -0.3 is 4.55 Å². The van der Waals surface area contributed by atoms with Gasteiger partial charge in [0.15, 0.2) is 0 Å². The number of aromatic nitrogens is 1. The highest BCUT2D eigenvalue weighted by Crippen LogP contribution is 2.39. The Morgan fingerprint density at radius 1 is 1.17 bits per heavy atom. The van der Waals surface area contributed by atoms with E-state index < -0.39 is 10.1 Å². The van der Waals surface area contributed by atoms with Crippen LogP contribution in [-0.4, -0.2) is 9.54 Å². The van der Waals surface area contributed by atoms with Gasteiger partial charge in [-0.1, -0.05) is 24.3 Å². The molecule has 0 spiro atoms. The number of benzene rings is 1. The predicted molar refractivity (Wildman–Crippen MR) is 71.6 cm³/mol. The van der Waals surface area contributed by atoms with Crippen LogP contribution in [0.4, 0.5) is 0 Å². The van der Waals surface area contributed by atoms with Gasteiger partial charge in [0, 0.05) is 11.8 Å². The Hall–Kier alpha value is -1.52. The van der Waals surface area contributed by atoms with Crippen molar-refractivity contribution in [1.29, 1.82) is 0 Å². The molecule has 18 heavy (non-hydrogen) atoms. The lowest BCUT2D eigenvalue weighted by Gasteiger charge is -2.32. The van der Waals surface area contributed by atoms with Crippen LogP contribution in [0.3, 0.4) is 0 Å². The Morgan fingerprint density at radius 3 is 2.72 bits per heavy atom. The summed E-state index contributed by atoms with van der Waals surface area (Å²) in [6.45, 7) is 2.44. The SMILES string of the molecule is CC1c2ncccc2CN=[S+]1([O-])c1ccccc1. The van der Waals surface area contributed by atoms with Crippen LogP contribution in [0.5, 0.6) is 0 Å². The highest BCUT2D eigenvalue weighted by atomic mass is 32.3. The lowest BCUT2D eigenvalue weighted by atomic mass is 10.1. The van der Waals surface area contributed by atoms with Gasteiger partial charge in [-0.15, -0.1) is 4.36 Å². The number of pyridine rings is 1. The first-order valence-electron chi connectivity index (χ1n) is 5.92. The molecule has 0 fully saturated rings. The first-order chi connectivity index (χ1) is 8.72. The van der Waals surface area contributed by atoms with Crippen LogP contribution in [-0.2, 0) is 16.7 Å². The Bertz CT molecular complexity index is 625. The van der Waals surface area contributed by atoms with E-state index in [-0.39, 0.29) is 5.25 Å². The second-order valence-corrected chi connectivity index (χ2v) is 6.93. The number of hydrogen-bond donors (Lipinski definition) is 0. The fourth-order valence-corrected chi connectivity index (χ4v) is 4.45. The van der Waals surface area contributed by atoms with Gasteiger partial charge in [0.25, 0.3) is 0 Å². The van der Waals surface area contributed by atoms with E-state index in [9.17, 15) is 4.55 Å². The molecule has 0 amide bonds. The Labute approximate surface area is 108 Å². The van der Waals surface area contributed by atoms with Crippen LogP contribution in [0.1, 0.15) is 23.4 Å². The van der Waals surface area contributed by atoms with Crippen molar-refractivity contribution in [2.75, 3.05) is 0 Å². The average Bonchev–Trinajstić information content (AvgIpc) is 2.44. The molecule has 0 N–H and O–H groups in total. The number of nitrogens with zero attached hydrogens (tertiary/aromatic N) is 2. The third-order valence-corrected chi connectivity index (χ3v) is 5.94. The summed E-state index contributed by atoms with van der Waals surface area (Å²) < 4.78 is 17.5. The van der Waals surface area contributed by atoms with Crippen molar-refractivity contribution in [3.8, 4) is 0 Å². The standard InChI is InChI=1S/C14H14N2OS/c1-11-14-12(6-5-9-15-14)10-16-18(11,17)13-7-3-2-4-8-13/h2-9,11H,10H2,1H3. The van der Waals surface area contributed by atoms with Gasteiger partial charge in [-0.05, 0) is 35.2 Å². The van der Waals surface area contributed by atoms with Crippen molar-refractivity contribution < 1.29 is 4.55 Å². The van der Waals surface area contributed by atoms with Crippen LogP contribution >= 0.6 is 0 Å². The van der Waals surface area contributed by atoms with Crippen LogP contribution < -0.4 is 0 Å². The molecule has 1 aliphatic rings. The molecule has 92 valence electrons. The average molecular weight is 258 g/mol. The fraction of sp³-hybridized carbons (Fsp3) is 0.214. The van der Waals surface area contributed by atoms with E-state index in [0.29, 0.717) is 6.54 Å². The molecule has 0 bridgehead atoms. The Balaban J connectivity index is 2.14. The lowest BCUT2D eigenvalue weighted by Crippen LogP contribution is -2.24. The summed E-state index contributed by atoms with van der Waals surface area (Å²) >= 11 is 0. The monoisotopic (exact) mass is 258 g/mol. The van der Waals surface area contributed by atoms with Crippen molar-refractivity contribution in [3.05, 3.63) is 59.9 Å². The molecule has 0 aliphatic carbocycles. The first-order valence-corrected chi connectivity index (χ1v) is 7.50. The van der Waals surface area contributed by atoms with Crippen molar-refractivity contribution in [3.63, 3.8) is 0 Å². The van der Waals surface area contributed by atoms with E-state index in [1.807, 2.05) is 49.4 Å². The minimum atomic E-state index is -2.40. The second kappa shape index (κ2) is 4.30. The van der Waals surface area contributed by atoms with E-state index >= 15 is 0 Å². The summed E-state index contributed by atoms with van der Waals surface area (Å²) in [6, 6.07) is 13.4. The van der Waals surface area contributed by atoms with Gasteiger partial charge in [0.1, 0.15) is 16.7 Å². The number of rotatable bonds is 1. The van der Waals surface area contributed by atoms with Crippen molar-refractivity contribution in [1.82, 2.24) is 4.98 Å². The Kier molecular flexibility index (Phi) is 2.76. The highest BCUT2D eigenvalue weighted by Gasteiger charge is 2.33. The molecule has 1 aliphatic heterocycles. The Morgan fingerprint density at radius 2 is 1.94 bits per heavy atom. The van der Waals surface area contributed by atoms with Gasteiger partial charge in [-0.2, -0.15) is 0 Å². The van der Waals surface area contributed by atoms with E-state index in [1.165, 1.54) is 0 Å². The van der Waals surface area contributed by atoms with Gasteiger partial charge in [-0.3, -0.25) is 4.98 Å². The van der Waals surface area contributed by atoms with Gasteiger partial charge in [0.05, 0.1) is 5.69 Å². The minimum absolute atomic E-state index is 0.162. The third-order valence-electron chi connectivity index (χ3n) is 3.30. The molecule has 2 aromatic rings. The molecule has 2 atom stereocenters. The van der Waals surface area contributed by atoms with Crippen molar-refractivity contribution >= 4 is 10.1 Å². The summed E-state index contributed by atoms with van der Waals surface area (Å²) in [5.74, 6) is 0. The normalized spacial score (nSPS) is 26.2. The first kappa shape index (κ1) is 11.6. The quantitative estimate of drug-likeness (QED) is 0.737. The van der Waals surface area contributed by atoms with Gasteiger partial charge in [-0.25, -0.2) is 0 Å². The molecule has 3 rings (SSSR count). The molecule has 0 radical (unpaired) electrons. The maximum Gasteiger partial charge on any atom is 0.145 e. The smallest absolute Gasteiger partial charge is 0.145 e. The molecule has 1 aromatic heterocycles. The van der Waals surface area contributed by atoms with Crippen LogP contribution in [0.25, 0.3) is 0 Å². The maximum atomic E-state index is 13.1. The van der Waals surface area contributed by atoms with Gasteiger partial charge in [0.2, 0.25) is 0 Å². The lowest BCUT2D eigenvalue weighted by molar-refractivity contribution is 0.564. The van der Waals surface area contributed by atoms with E-state index in [1.54, 1.807) is 6.20 Å². The van der Waals surface area contributed by atoms with E-state index in [2.05, 4.69) is 9.35 Å². The summed E-state index contributed by atoms with van der Waals surface area (Å²) in [6.07, 6.45) is 1.76. The summed E-state index contributed by atoms with van der Waals surface area (Å²) in [7, 11) is -2.40. The van der Waals surface area contributed by atoms with Crippen molar-refractivity contribution in [2.45, 2.75) is 23.6 Å². The molecule has 2 unspecified atom stereocenters. The molecule has 3 nitrogen and oxygen atoms in total. The summed E-state index contributed by atoms with van der Waals surface area (Å²) in [4.78, 5) is 5.18. The van der Waals surface area contributed by atoms with Gasteiger partial charge >= 0.3 is 0 Å². The van der Waals surface area contributed by atoms with Crippen LogP contribution in [0.2, 0.25) is 0 Å². The summed E-state index contributed by atoms with van der Waals surface area (Å²) in [5, 5.41) is -0.162. The van der Waals surface area contributed by atoms with E-state index in [4.69, 9.17) is 0 Å². The largest absolute Gasteiger partial charge is 0.626 e. The zero-order chi connectivity index (χ0) is 12.6. The molecular weight excluding hydrogens is 244 g/mol. The second-order valence-electron chi connectivity index (χ2n) is 4.36. The third kappa shape index (κ3) is 1.69. The predicted octanol–water partition coefficient (Wildman–Crippen LogP) is 3.18. The zero-order valence-corrected chi connectivity index (χ0v) is 10.9. The number of hydrogen-bond acceptors (Lipinski definition) is 3. The zero-order valence-electron chi connectivity index (χ0n) is 10.1. The fourth-order valence-electron chi connectivity index (χ4n) is 2.27. The molecule has 0 saturated heterocycles. The van der Waals surface area contributed by atoms with Crippen LogP contribution in [0, 0.1) is 0 Å².